The molecule has 6 bridgehead atoms. The number of nitrogens with zero attached hydrogens (tertiary/aromatic N) is 1. The molecule has 248 valence electrons. The maximum Gasteiger partial charge on any atom is 0.258 e. The number of aryl methyl sites for hydroxylation is 1. The quantitative estimate of drug-likeness (QED) is 0.305. The predicted octanol–water partition coefficient (Wildman–Crippen LogP) is 3.85. The molecule has 3 N–H and O–H groups in total. The van der Waals surface area contributed by atoms with Crippen molar-refractivity contribution in [2.75, 3.05) is 26.8 Å². The Hall–Kier alpha value is -5.65. The van der Waals surface area contributed by atoms with Gasteiger partial charge in [-0.1, -0.05) is 19.1 Å². The highest BCUT2D eigenvalue weighted by Crippen LogP contribution is 2.33. The maximum atomic E-state index is 14.8. The molecule has 0 spiro atoms. The number of methoxy groups -OCH3 is 1. The van der Waals surface area contributed by atoms with Gasteiger partial charge in [0.1, 0.15) is 29.2 Å². The summed E-state index contributed by atoms with van der Waals surface area (Å²) in [6.45, 7) is 2.00. The van der Waals surface area contributed by atoms with Crippen molar-refractivity contribution < 1.29 is 33.0 Å². The fourth-order valence-corrected chi connectivity index (χ4v) is 6.01. The summed E-state index contributed by atoms with van der Waals surface area (Å²) in [5, 5.41) is 5.80. The van der Waals surface area contributed by atoms with Gasteiger partial charge >= 0.3 is 0 Å². The highest BCUT2D eigenvalue weighted by atomic mass is 19.1. The van der Waals surface area contributed by atoms with Gasteiger partial charge in [-0.05, 0) is 66.1 Å². The predicted molar refractivity (Wildman–Crippen MR) is 175 cm³/mol. The van der Waals surface area contributed by atoms with E-state index >= 15 is 0 Å². The van der Waals surface area contributed by atoms with E-state index in [0.29, 0.717) is 64.4 Å². The smallest absolute Gasteiger partial charge is 0.258 e. The number of carbonyl (C=O) groups excluding carboxylic acids is 3. The van der Waals surface area contributed by atoms with Crippen LogP contribution < -0.4 is 30.4 Å². The van der Waals surface area contributed by atoms with Crippen LogP contribution in [0.4, 0.5) is 4.39 Å². The van der Waals surface area contributed by atoms with Gasteiger partial charge < -0.3 is 34.7 Å². The Morgan fingerprint density at radius 1 is 1.00 bits per heavy atom. The molecule has 0 radical (unpaired) electrons. The lowest BCUT2D eigenvalue weighted by Gasteiger charge is -2.39. The lowest BCUT2D eigenvalue weighted by Crippen LogP contribution is -2.58. The van der Waals surface area contributed by atoms with Crippen LogP contribution in [0.15, 0.2) is 77.6 Å². The van der Waals surface area contributed by atoms with E-state index < -0.39 is 29.8 Å². The van der Waals surface area contributed by atoms with E-state index in [0.717, 1.165) is 0 Å². The van der Waals surface area contributed by atoms with Crippen molar-refractivity contribution in [2.45, 2.75) is 38.5 Å². The first-order chi connectivity index (χ1) is 23.2. The van der Waals surface area contributed by atoms with Crippen molar-refractivity contribution in [3.8, 4) is 28.4 Å². The van der Waals surface area contributed by atoms with Crippen molar-refractivity contribution in [2.24, 2.45) is 0 Å². The van der Waals surface area contributed by atoms with Crippen LogP contribution in [0, 0.1) is 5.82 Å². The number of ether oxygens (including phenoxy) is 3. The summed E-state index contributed by atoms with van der Waals surface area (Å²) in [5.74, 6) is -0.479. The van der Waals surface area contributed by atoms with Crippen molar-refractivity contribution >= 4 is 17.7 Å². The lowest BCUT2D eigenvalue weighted by molar-refractivity contribution is -0.123. The molecule has 12 heteroatoms. The van der Waals surface area contributed by atoms with Gasteiger partial charge in [-0.15, -0.1) is 0 Å². The van der Waals surface area contributed by atoms with Crippen LogP contribution in [0.5, 0.6) is 17.2 Å². The number of amides is 3. The third kappa shape index (κ3) is 7.17. The van der Waals surface area contributed by atoms with Gasteiger partial charge in [0.15, 0.2) is 6.61 Å². The number of H-pyrrole nitrogens is 1. The first kappa shape index (κ1) is 32.3. The van der Waals surface area contributed by atoms with Crippen LogP contribution in [-0.2, 0) is 17.8 Å². The van der Waals surface area contributed by atoms with Crippen molar-refractivity contribution in [1.82, 2.24) is 20.5 Å². The first-order valence-corrected chi connectivity index (χ1v) is 15.7. The Kier molecular flexibility index (Phi) is 9.42. The largest absolute Gasteiger partial charge is 0.496 e. The summed E-state index contributed by atoms with van der Waals surface area (Å²) < 4.78 is 32.4. The zero-order valence-corrected chi connectivity index (χ0v) is 26.5. The molecule has 4 aromatic rings. The number of halogens is 1. The normalized spacial score (nSPS) is 18.0. The number of piperidine rings is 1. The number of pyridine rings is 1. The Balaban J connectivity index is 1.37. The Bertz CT molecular complexity index is 1930. The van der Waals surface area contributed by atoms with Gasteiger partial charge in [0.05, 0.1) is 18.7 Å². The molecule has 48 heavy (non-hydrogen) atoms. The van der Waals surface area contributed by atoms with E-state index in [-0.39, 0.29) is 36.9 Å². The number of fused-ring (bicyclic) bond motifs is 8. The number of carbonyl (C=O) groups is 3. The van der Waals surface area contributed by atoms with E-state index in [1.54, 1.807) is 47.4 Å². The second kappa shape index (κ2) is 14.0. The van der Waals surface area contributed by atoms with Crippen molar-refractivity contribution in [3.05, 3.63) is 111 Å². The van der Waals surface area contributed by atoms with Gasteiger partial charge in [0.2, 0.25) is 5.56 Å². The molecule has 1 saturated heterocycles. The van der Waals surface area contributed by atoms with Crippen molar-refractivity contribution in [3.63, 3.8) is 0 Å². The fraction of sp³-hybridized carbons (Fsp3) is 0.278. The van der Waals surface area contributed by atoms with Gasteiger partial charge in [-0.25, -0.2) is 4.39 Å². The average molecular weight is 655 g/mol. The molecule has 1 aromatic heterocycles. The molecule has 11 nitrogen and oxygen atoms in total. The summed E-state index contributed by atoms with van der Waals surface area (Å²) in [7, 11) is 1.53. The average Bonchev–Trinajstić information content (AvgIpc) is 3.09. The summed E-state index contributed by atoms with van der Waals surface area (Å²) in [5.41, 5.74) is 2.74. The summed E-state index contributed by atoms with van der Waals surface area (Å²) in [4.78, 5) is 56.5. The molecule has 6 rings (SSSR count). The van der Waals surface area contributed by atoms with Crippen LogP contribution in [0.2, 0.25) is 0 Å². The van der Waals surface area contributed by atoms with E-state index in [4.69, 9.17) is 14.2 Å². The Morgan fingerprint density at radius 3 is 2.67 bits per heavy atom. The number of benzene rings is 3. The van der Waals surface area contributed by atoms with E-state index in [2.05, 4.69) is 15.6 Å². The minimum Gasteiger partial charge on any atom is -0.496 e. The Labute approximate surface area is 276 Å². The summed E-state index contributed by atoms with van der Waals surface area (Å²) in [6, 6.07) is 18.4. The standard InChI is InChI=1S/C36H35FN4O7/c1-3-29-27(8-10-33(42)39-29)36(45)41-12-11-32-30(19-41)40-35(44)23-7-9-31(46-2)28(16-23)22-5-4-6-25(15-22)47-20-34(43)38-18-21-13-24(37)17-26(14-21)48-32/h4-10,13-17,30,32H,3,11-12,18-20H2,1-2H3,(H,38,43)(H,39,42)(H,40,44)/t30-,32-/m1/s1. The van der Waals surface area contributed by atoms with E-state index in [1.807, 2.05) is 13.0 Å². The number of nitrogens with one attached hydrogen (secondary N) is 3. The molecule has 0 saturated carbocycles. The number of likely N-dealkylation sites (tertiary alicyclic amines) is 1. The second-order valence-electron chi connectivity index (χ2n) is 11.6. The van der Waals surface area contributed by atoms with Crippen LogP contribution in [0.1, 0.15) is 45.3 Å². The third-order valence-electron chi connectivity index (χ3n) is 8.42. The molecule has 1 fully saturated rings. The second-order valence-corrected chi connectivity index (χ2v) is 11.6. The lowest BCUT2D eigenvalue weighted by atomic mass is 9.98. The van der Waals surface area contributed by atoms with Crippen LogP contribution in [0.3, 0.4) is 0 Å². The number of rotatable bonds is 3. The highest BCUT2D eigenvalue weighted by Gasteiger charge is 2.35. The van der Waals surface area contributed by atoms with Crippen LogP contribution in [-0.4, -0.2) is 66.6 Å². The zero-order valence-electron chi connectivity index (χ0n) is 26.5. The highest BCUT2D eigenvalue weighted by molar-refractivity contribution is 5.97. The van der Waals surface area contributed by atoms with Crippen LogP contribution in [0.25, 0.3) is 11.1 Å². The van der Waals surface area contributed by atoms with Gasteiger partial charge in [-0.3, -0.25) is 19.2 Å². The molecular weight excluding hydrogens is 619 g/mol. The number of hydrogen-bond acceptors (Lipinski definition) is 7. The van der Waals surface area contributed by atoms with Gasteiger partial charge in [0, 0.05) is 55.0 Å². The molecule has 2 atom stereocenters. The molecule has 0 aliphatic carbocycles. The number of hydrogen-bond donors (Lipinski definition) is 3. The molecule has 2 aliphatic heterocycles. The number of aromatic nitrogens is 1. The molecule has 3 aromatic carbocycles. The first-order valence-electron chi connectivity index (χ1n) is 15.7. The van der Waals surface area contributed by atoms with E-state index in [1.165, 1.54) is 31.4 Å². The molecule has 2 aliphatic rings. The minimum absolute atomic E-state index is 0.0332. The summed E-state index contributed by atoms with van der Waals surface area (Å²) >= 11 is 0. The van der Waals surface area contributed by atoms with E-state index in [9.17, 15) is 23.6 Å². The van der Waals surface area contributed by atoms with Gasteiger partial charge in [-0.2, -0.15) is 0 Å². The SMILES string of the molecule is CCc1[nH]c(=O)ccc1C(=O)N1CC[C@H]2Oc3cc(F)cc(c3)CNC(=O)COc3cccc(c3)-c3cc(ccc3OC)C(=O)N[C@@H]2C1. The number of aromatic amines is 1. The molecular formula is C36H35FN4O7. The third-order valence-corrected chi connectivity index (χ3v) is 8.42. The monoisotopic (exact) mass is 654 g/mol. The van der Waals surface area contributed by atoms with Gasteiger partial charge in [0.25, 0.3) is 17.7 Å². The topological polar surface area (TPSA) is 139 Å². The maximum absolute atomic E-state index is 14.8. The zero-order chi connectivity index (χ0) is 33.8. The molecule has 0 unspecified atom stereocenters. The minimum atomic E-state index is -0.696. The molecule has 3 amide bonds. The Morgan fingerprint density at radius 2 is 1.85 bits per heavy atom. The summed E-state index contributed by atoms with van der Waals surface area (Å²) in [6.07, 6.45) is 0.143. The fourth-order valence-electron chi connectivity index (χ4n) is 6.01. The van der Waals surface area contributed by atoms with Crippen molar-refractivity contribution in [1.29, 1.82) is 0 Å². The molecule has 3 heterocycles. The van der Waals surface area contributed by atoms with Crippen LogP contribution >= 0.6 is 0 Å².